The van der Waals surface area contributed by atoms with Crippen LogP contribution < -0.4 is 0 Å². The first kappa shape index (κ1) is 19.1. The quantitative estimate of drug-likeness (QED) is 0.701. The lowest BCUT2D eigenvalue weighted by Gasteiger charge is -2.32. The van der Waals surface area contributed by atoms with E-state index < -0.39 is 0 Å². The summed E-state index contributed by atoms with van der Waals surface area (Å²) in [4.78, 5) is 2.49. The maximum absolute atomic E-state index is 9.08. The molecule has 1 atom stereocenters. The number of hydrogen-bond acceptors (Lipinski definition) is 4. The van der Waals surface area contributed by atoms with Crippen LogP contribution in [0.25, 0.3) is 0 Å². The molecule has 2 saturated heterocycles. The summed E-state index contributed by atoms with van der Waals surface area (Å²) in [5.74, 6) is 0.614. The second-order valence-electron chi connectivity index (χ2n) is 6.51. The molecule has 2 aliphatic rings. The molecular weight excluding hydrogens is 405 g/mol. The molecule has 2 aliphatic heterocycles. The van der Waals surface area contributed by atoms with E-state index in [2.05, 4.69) is 17.0 Å². The van der Waals surface area contributed by atoms with Crippen molar-refractivity contribution < 1.29 is 14.6 Å². The Bertz CT molecular complexity index is 440. The molecular formula is C18H28INO3. The molecule has 2 heterocycles. The van der Waals surface area contributed by atoms with Gasteiger partial charge in [-0.25, -0.2) is 0 Å². The molecule has 0 bridgehead atoms. The molecule has 3 rings (SSSR count). The lowest BCUT2D eigenvalue weighted by atomic mass is 10.1. The van der Waals surface area contributed by atoms with E-state index in [-0.39, 0.29) is 30.6 Å². The fourth-order valence-corrected chi connectivity index (χ4v) is 3.23. The zero-order chi connectivity index (χ0) is 15.2. The second kappa shape index (κ2) is 9.93. The number of aliphatic hydroxyl groups is 1. The Hall–Kier alpha value is -0.210. The van der Waals surface area contributed by atoms with Gasteiger partial charge in [0.2, 0.25) is 0 Å². The molecule has 1 N–H and O–H groups in total. The lowest BCUT2D eigenvalue weighted by molar-refractivity contribution is -0.0116. The third kappa shape index (κ3) is 5.98. The zero-order valence-corrected chi connectivity index (χ0v) is 16.0. The van der Waals surface area contributed by atoms with Crippen molar-refractivity contribution in [3.8, 4) is 0 Å². The first-order chi connectivity index (χ1) is 10.8. The smallest absolute Gasteiger partial charge is 0.0681 e. The van der Waals surface area contributed by atoms with Gasteiger partial charge in [0.05, 0.1) is 25.9 Å². The molecule has 5 heteroatoms. The number of nitrogens with zero attached hydrogens (tertiary/aromatic N) is 1. The summed E-state index contributed by atoms with van der Waals surface area (Å²) in [7, 11) is 0. The molecule has 2 fully saturated rings. The van der Waals surface area contributed by atoms with Gasteiger partial charge >= 0.3 is 0 Å². The van der Waals surface area contributed by atoms with Gasteiger partial charge in [-0.05, 0) is 30.4 Å². The van der Waals surface area contributed by atoms with Gasteiger partial charge in [-0.2, -0.15) is 0 Å². The van der Waals surface area contributed by atoms with Crippen molar-refractivity contribution in [3.63, 3.8) is 0 Å². The van der Waals surface area contributed by atoms with Crippen LogP contribution in [0.1, 0.15) is 30.4 Å². The van der Waals surface area contributed by atoms with Gasteiger partial charge in [-0.15, -0.1) is 24.0 Å². The SMILES string of the molecule is I.OCc1ccc(CN2CCC(OCC3CCOC3)CC2)cc1. The molecule has 4 nitrogen and oxygen atoms in total. The predicted octanol–water partition coefficient (Wildman–Crippen LogP) is 2.81. The summed E-state index contributed by atoms with van der Waals surface area (Å²) < 4.78 is 11.5. The summed E-state index contributed by atoms with van der Waals surface area (Å²) >= 11 is 0. The number of halogens is 1. The Morgan fingerprint density at radius 3 is 2.39 bits per heavy atom. The molecule has 0 aromatic heterocycles. The third-order valence-corrected chi connectivity index (χ3v) is 4.74. The molecule has 0 spiro atoms. The molecule has 1 aromatic rings. The van der Waals surface area contributed by atoms with Crippen LogP contribution >= 0.6 is 24.0 Å². The van der Waals surface area contributed by atoms with Gasteiger partial charge in [0.1, 0.15) is 0 Å². The van der Waals surface area contributed by atoms with Gasteiger partial charge in [0.25, 0.3) is 0 Å². The highest BCUT2D eigenvalue weighted by Gasteiger charge is 2.22. The number of hydrogen-bond donors (Lipinski definition) is 1. The van der Waals surface area contributed by atoms with Gasteiger partial charge < -0.3 is 14.6 Å². The monoisotopic (exact) mass is 433 g/mol. The molecule has 1 aromatic carbocycles. The molecule has 0 saturated carbocycles. The van der Waals surface area contributed by atoms with Crippen molar-refractivity contribution in [2.75, 3.05) is 32.9 Å². The molecule has 1 unspecified atom stereocenters. The average Bonchev–Trinajstić information content (AvgIpc) is 3.08. The minimum absolute atomic E-state index is 0. The van der Waals surface area contributed by atoms with Crippen molar-refractivity contribution in [1.82, 2.24) is 4.90 Å². The standard InChI is InChI=1S/C18H27NO3.HI/c20-12-16-3-1-15(2-4-16)11-19-8-5-18(6-9-19)22-14-17-7-10-21-13-17;/h1-4,17-18,20H,5-14H2;1H. The maximum Gasteiger partial charge on any atom is 0.0681 e. The van der Waals surface area contributed by atoms with Gasteiger partial charge in [-0.1, -0.05) is 24.3 Å². The summed E-state index contributed by atoms with van der Waals surface area (Å²) in [6, 6.07) is 8.26. The zero-order valence-electron chi connectivity index (χ0n) is 13.7. The minimum Gasteiger partial charge on any atom is -0.392 e. The van der Waals surface area contributed by atoms with Crippen molar-refractivity contribution in [3.05, 3.63) is 35.4 Å². The second-order valence-corrected chi connectivity index (χ2v) is 6.51. The Morgan fingerprint density at radius 2 is 1.78 bits per heavy atom. The van der Waals surface area contributed by atoms with Gasteiger partial charge in [0.15, 0.2) is 0 Å². The fourth-order valence-electron chi connectivity index (χ4n) is 3.23. The van der Waals surface area contributed by atoms with Crippen LogP contribution in [0.5, 0.6) is 0 Å². The van der Waals surface area contributed by atoms with Crippen LogP contribution in [0, 0.1) is 5.92 Å². The first-order valence-corrected chi connectivity index (χ1v) is 8.44. The van der Waals surface area contributed by atoms with Gasteiger partial charge in [0, 0.05) is 32.2 Å². The van der Waals surface area contributed by atoms with E-state index in [0.717, 1.165) is 64.3 Å². The van der Waals surface area contributed by atoms with Crippen LogP contribution in [0.4, 0.5) is 0 Å². The Balaban J connectivity index is 0.00000192. The maximum atomic E-state index is 9.08. The van der Waals surface area contributed by atoms with Crippen molar-refractivity contribution in [2.24, 2.45) is 5.92 Å². The van der Waals surface area contributed by atoms with E-state index in [0.29, 0.717) is 12.0 Å². The van der Waals surface area contributed by atoms with E-state index in [1.54, 1.807) is 0 Å². The van der Waals surface area contributed by atoms with Crippen molar-refractivity contribution >= 4 is 24.0 Å². The highest BCUT2D eigenvalue weighted by atomic mass is 127. The summed E-state index contributed by atoms with van der Waals surface area (Å²) in [5.41, 5.74) is 2.30. The Labute approximate surface area is 156 Å². The Morgan fingerprint density at radius 1 is 1.09 bits per heavy atom. The Kier molecular flexibility index (Phi) is 8.26. The van der Waals surface area contributed by atoms with E-state index in [1.165, 1.54) is 5.56 Å². The number of likely N-dealkylation sites (tertiary alicyclic amines) is 1. The number of benzene rings is 1. The average molecular weight is 433 g/mol. The summed E-state index contributed by atoms with van der Waals surface area (Å²) in [6.45, 7) is 5.97. The molecule has 130 valence electrons. The number of rotatable bonds is 6. The number of ether oxygens (including phenoxy) is 2. The third-order valence-electron chi connectivity index (χ3n) is 4.74. The molecule has 0 radical (unpaired) electrons. The van der Waals surface area contributed by atoms with Gasteiger partial charge in [-0.3, -0.25) is 4.90 Å². The van der Waals surface area contributed by atoms with E-state index in [4.69, 9.17) is 14.6 Å². The summed E-state index contributed by atoms with van der Waals surface area (Å²) in [6.07, 6.45) is 3.83. The van der Waals surface area contributed by atoms with Crippen molar-refractivity contribution in [1.29, 1.82) is 0 Å². The van der Waals surface area contributed by atoms with Crippen LogP contribution in [0.3, 0.4) is 0 Å². The lowest BCUT2D eigenvalue weighted by Crippen LogP contribution is -2.37. The topological polar surface area (TPSA) is 41.9 Å². The van der Waals surface area contributed by atoms with Crippen LogP contribution in [-0.2, 0) is 22.6 Å². The van der Waals surface area contributed by atoms with E-state index in [1.807, 2.05) is 12.1 Å². The predicted molar refractivity (Wildman–Crippen MR) is 101 cm³/mol. The first-order valence-electron chi connectivity index (χ1n) is 8.44. The van der Waals surface area contributed by atoms with E-state index in [9.17, 15) is 0 Å². The van der Waals surface area contributed by atoms with Crippen molar-refractivity contribution in [2.45, 2.75) is 38.5 Å². The number of aliphatic hydroxyl groups excluding tert-OH is 1. The minimum atomic E-state index is 0. The highest BCUT2D eigenvalue weighted by molar-refractivity contribution is 14.0. The molecule has 23 heavy (non-hydrogen) atoms. The molecule has 0 aliphatic carbocycles. The largest absolute Gasteiger partial charge is 0.392 e. The van der Waals surface area contributed by atoms with Crippen LogP contribution in [0.15, 0.2) is 24.3 Å². The van der Waals surface area contributed by atoms with Crippen LogP contribution in [-0.4, -0.2) is 49.0 Å². The van der Waals surface area contributed by atoms with E-state index >= 15 is 0 Å². The molecule has 0 amide bonds. The summed E-state index contributed by atoms with van der Waals surface area (Å²) in [5, 5.41) is 9.08. The van der Waals surface area contributed by atoms with Crippen LogP contribution in [0.2, 0.25) is 0 Å². The fraction of sp³-hybridized carbons (Fsp3) is 0.667. The number of piperidine rings is 1. The normalized spacial score (nSPS) is 22.9. The highest BCUT2D eigenvalue weighted by Crippen LogP contribution is 2.19.